The minimum atomic E-state index is -0.325. The third-order valence-corrected chi connectivity index (χ3v) is 5.29. The summed E-state index contributed by atoms with van der Waals surface area (Å²) in [5.74, 6) is 0.220. The van der Waals surface area contributed by atoms with Crippen molar-refractivity contribution in [3.05, 3.63) is 64.1 Å². The van der Waals surface area contributed by atoms with Crippen molar-refractivity contribution in [2.24, 2.45) is 0 Å². The number of oxazole rings is 1. The predicted molar refractivity (Wildman–Crippen MR) is 102 cm³/mol. The lowest BCUT2D eigenvalue weighted by molar-refractivity contribution is 0.0690. The van der Waals surface area contributed by atoms with E-state index in [1.807, 2.05) is 42.2 Å². The third kappa shape index (κ3) is 3.01. The monoisotopic (exact) mass is 366 g/mol. The predicted octanol–water partition coefficient (Wildman–Crippen LogP) is 3.39. The van der Waals surface area contributed by atoms with Gasteiger partial charge in [-0.15, -0.1) is 0 Å². The first kappa shape index (κ1) is 17.4. The topological polar surface area (TPSA) is 64.7 Å². The highest BCUT2D eigenvalue weighted by Crippen LogP contribution is 2.29. The second-order valence-electron chi connectivity index (χ2n) is 6.88. The van der Waals surface area contributed by atoms with E-state index in [-0.39, 0.29) is 17.7 Å². The van der Waals surface area contributed by atoms with Gasteiger partial charge in [0.15, 0.2) is 5.58 Å². The molecular weight excluding hydrogens is 344 g/mol. The minimum Gasteiger partial charge on any atom is -0.496 e. The van der Waals surface area contributed by atoms with Crippen molar-refractivity contribution in [1.82, 2.24) is 9.47 Å². The summed E-state index contributed by atoms with van der Waals surface area (Å²) in [4.78, 5) is 27.1. The number of hydrogen-bond donors (Lipinski definition) is 0. The van der Waals surface area contributed by atoms with Crippen LogP contribution in [0.1, 0.15) is 34.8 Å². The maximum atomic E-state index is 12.9. The molecule has 1 aliphatic heterocycles. The highest BCUT2D eigenvalue weighted by atomic mass is 16.5. The number of carbonyl (C=O) groups excluding carboxylic acids is 1. The van der Waals surface area contributed by atoms with Crippen molar-refractivity contribution in [1.29, 1.82) is 0 Å². The molecule has 1 fully saturated rings. The summed E-state index contributed by atoms with van der Waals surface area (Å²) in [6.07, 6.45) is 1.42. The molecule has 0 unspecified atom stereocenters. The van der Waals surface area contributed by atoms with Crippen molar-refractivity contribution in [2.75, 3.05) is 20.2 Å². The standard InChI is InChI=1S/C21H22N2O4/c1-14-6-5-9-18-19(14)23(21(25)27-18)15-10-12-22(13-11-15)20(24)16-7-3-4-8-17(16)26-2/h3-9,15H,10-13H2,1-2H3. The Morgan fingerprint density at radius 2 is 1.85 bits per heavy atom. The van der Waals surface area contributed by atoms with Gasteiger partial charge in [0, 0.05) is 19.1 Å². The summed E-state index contributed by atoms with van der Waals surface area (Å²) < 4.78 is 12.5. The molecule has 0 N–H and O–H groups in total. The lowest BCUT2D eigenvalue weighted by Crippen LogP contribution is -2.40. The molecule has 0 spiro atoms. The van der Waals surface area contributed by atoms with Crippen LogP contribution in [0.15, 0.2) is 51.7 Å². The van der Waals surface area contributed by atoms with Gasteiger partial charge in [0.05, 0.1) is 18.2 Å². The van der Waals surface area contributed by atoms with E-state index in [0.717, 1.165) is 11.1 Å². The molecule has 27 heavy (non-hydrogen) atoms. The summed E-state index contributed by atoms with van der Waals surface area (Å²) in [7, 11) is 1.57. The first-order valence-electron chi connectivity index (χ1n) is 9.13. The van der Waals surface area contributed by atoms with Crippen molar-refractivity contribution in [3.63, 3.8) is 0 Å². The fourth-order valence-corrected chi connectivity index (χ4v) is 3.91. The average Bonchev–Trinajstić information content (AvgIpc) is 3.04. The Balaban J connectivity index is 1.56. The summed E-state index contributed by atoms with van der Waals surface area (Å²) in [5.41, 5.74) is 3.07. The second-order valence-corrected chi connectivity index (χ2v) is 6.88. The summed E-state index contributed by atoms with van der Waals surface area (Å²) in [6, 6.07) is 13.0. The normalized spacial score (nSPS) is 15.3. The number of nitrogens with zero attached hydrogens (tertiary/aromatic N) is 2. The lowest BCUT2D eigenvalue weighted by atomic mass is 10.0. The molecule has 1 aliphatic rings. The maximum absolute atomic E-state index is 12.9. The highest BCUT2D eigenvalue weighted by Gasteiger charge is 2.28. The molecule has 1 amide bonds. The quantitative estimate of drug-likeness (QED) is 0.713. The maximum Gasteiger partial charge on any atom is 0.420 e. The first-order chi connectivity index (χ1) is 13.1. The summed E-state index contributed by atoms with van der Waals surface area (Å²) >= 11 is 0. The fourth-order valence-electron chi connectivity index (χ4n) is 3.91. The smallest absolute Gasteiger partial charge is 0.420 e. The van der Waals surface area contributed by atoms with Crippen LogP contribution in [-0.4, -0.2) is 35.6 Å². The van der Waals surface area contributed by atoms with Gasteiger partial charge in [-0.25, -0.2) is 4.79 Å². The van der Waals surface area contributed by atoms with E-state index >= 15 is 0 Å². The molecule has 6 heteroatoms. The molecule has 0 radical (unpaired) electrons. The SMILES string of the molecule is COc1ccccc1C(=O)N1CCC(n2c(=O)oc3cccc(C)c32)CC1. The first-order valence-corrected chi connectivity index (χ1v) is 9.13. The largest absolute Gasteiger partial charge is 0.496 e. The number of methoxy groups -OCH3 is 1. The van der Waals surface area contributed by atoms with Crippen molar-refractivity contribution < 1.29 is 13.9 Å². The van der Waals surface area contributed by atoms with Crippen LogP contribution >= 0.6 is 0 Å². The van der Waals surface area contributed by atoms with Gasteiger partial charge >= 0.3 is 5.76 Å². The number of benzene rings is 2. The molecule has 0 bridgehead atoms. The van der Waals surface area contributed by atoms with Crippen LogP contribution in [0.5, 0.6) is 5.75 Å². The summed E-state index contributed by atoms with van der Waals surface area (Å²) in [6.45, 7) is 3.16. The molecule has 0 aliphatic carbocycles. The van der Waals surface area contributed by atoms with Gasteiger partial charge in [0.2, 0.25) is 0 Å². The summed E-state index contributed by atoms with van der Waals surface area (Å²) in [5, 5.41) is 0. The van der Waals surface area contributed by atoms with Crippen LogP contribution in [-0.2, 0) is 0 Å². The number of likely N-dealkylation sites (tertiary alicyclic amines) is 1. The van der Waals surface area contributed by atoms with E-state index in [0.29, 0.717) is 42.8 Å². The molecule has 2 aromatic carbocycles. The zero-order valence-electron chi connectivity index (χ0n) is 15.5. The third-order valence-electron chi connectivity index (χ3n) is 5.29. The molecule has 4 rings (SSSR count). The molecule has 6 nitrogen and oxygen atoms in total. The number of carbonyl (C=O) groups is 1. The van der Waals surface area contributed by atoms with E-state index in [9.17, 15) is 9.59 Å². The van der Waals surface area contributed by atoms with E-state index in [1.54, 1.807) is 23.8 Å². The highest BCUT2D eigenvalue weighted by molar-refractivity contribution is 5.97. The lowest BCUT2D eigenvalue weighted by Gasteiger charge is -2.32. The van der Waals surface area contributed by atoms with E-state index in [4.69, 9.17) is 9.15 Å². The molecular formula is C21H22N2O4. The number of rotatable bonds is 3. The molecule has 3 aromatic rings. The van der Waals surface area contributed by atoms with Gasteiger partial charge < -0.3 is 14.1 Å². The molecule has 2 heterocycles. The second kappa shape index (κ2) is 6.95. The zero-order valence-corrected chi connectivity index (χ0v) is 15.5. The van der Waals surface area contributed by atoms with Crippen molar-refractivity contribution in [3.8, 4) is 5.75 Å². The van der Waals surface area contributed by atoms with Gasteiger partial charge in [0.1, 0.15) is 5.75 Å². The van der Waals surface area contributed by atoms with Crippen molar-refractivity contribution >= 4 is 17.0 Å². The zero-order chi connectivity index (χ0) is 19.0. The fraction of sp³-hybridized carbons (Fsp3) is 0.333. The average molecular weight is 366 g/mol. The van der Waals surface area contributed by atoms with Gasteiger partial charge in [-0.05, 0) is 43.5 Å². The van der Waals surface area contributed by atoms with Crippen LogP contribution in [0.3, 0.4) is 0 Å². The van der Waals surface area contributed by atoms with Crippen LogP contribution in [0.4, 0.5) is 0 Å². The van der Waals surface area contributed by atoms with E-state index in [1.165, 1.54) is 0 Å². The molecule has 1 aromatic heterocycles. The number of aromatic nitrogens is 1. The number of fused-ring (bicyclic) bond motifs is 1. The Morgan fingerprint density at radius 1 is 1.11 bits per heavy atom. The van der Waals surface area contributed by atoms with Crippen LogP contribution in [0.25, 0.3) is 11.1 Å². The molecule has 140 valence electrons. The Bertz CT molecular complexity index is 1040. The Hall–Kier alpha value is -3.02. The van der Waals surface area contributed by atoms with Gasteiger partial charge in [-0.1, -0.05) is 24.3 Å². The van der Waals surface area contributed by atoms with Gasteiger partial charge in [0.25, 0.3) is 5.91 Å². The van der Waals surface area contributed by atoms with Crippen LogP contribution in [0, 0.1) is 6.92 Å². The Morgan fingerprint density at radius 3 is 2.59 bits per heavy atom. The van der Waals surface area contributed by atoms with Crippen LogP contribution in [0.2, 0.25) is 0 Å². The number of piperidine rings is 1. The van der Waals surface area contributed by atoms with E-state index in [2.05, 4.69) is 0 Å². The van der Waals surface area contributed by atoms with E-state index < -0.39 is 0 Å². The number of para-hydroxylation sites is 2. The number of hydrogen-bond acceptors (Lipinski definition) is 4. The van der Waals surface area contributed by atoms with Gasteiger partial charge in [-0.3, -0.25) is 9.36 Å². The van der Waals surface area contributed by atoms with Crippen LogP contribution < -0.4 is 10.5 Å². The van der Waals surface area contributed by atoms with Gasteiger partial charge in [-0.2, -0.15) is 0 Å². The molecule has 0 atom stereocenters. The Labute approximate surface area is 157 Å². The number of amides is 1. The minimum absolute atomic E-state index is 0.0292. The Kier molecular flexibility index (Phi) is 4.48. The number of aryl methyl sites for hydroxylation is 1. The molecule has 0 saturated carbocycles. The molecule has 1 saturated heterocycles. The van der Waals surface area contributed by atoms with Crippen molar-refractivity contribution in [2.45, 2.75) is 25.8 Å². The number of ether oxygens (including phenoxy) is 1.